The number of hydrazone groups is 1. The van der Waals surface area contributed by atoms with Crippen LogP contribution < -0.4 is 14.9 Å². The Morgan fingerprint density at radius 3 is 2.41 bits per heavy atom. The summed E-state index contributed by atoms with van der Waals surface area (Å²) in [6, 6.07) is 25.0. The van der Waals surface area contributed by atoms with E-state index in [1.807, 2.05) is 78.9 Å². The van der Waals surface area contributed by atoms with Gasteiger partial charge in [-0.1, -0.05) is 54.6 Å². The smallest absolute Gasteiger partial charge is 0.277 e. The first-order valence-electron chi connectivity index (χ1n) is 8.49. The third-order valence-electron chi connectivity index (χ3n) is 3.83. The van der Waals surface area contributed by atoms with Gasteiger partial charge in [0.05, 0.1) is 13.3 Å². The molecular formula is C22H20N2O3. The van der Waals surface area contributed by atoms with Gasteiger partial charge >= 0.3 is 0 Å². The maximum absolute atomic E-state index is 11.8. The lowest BCUT2D eigenvalue weighted by Gasteiger charge is -2.06. The molecule has 27 heavy (non-hydrogen) atoms. The molecule has 3 aromatic rings. The molecule has 3 aromatic carbocycles. The van der Waals surface area contributed by atoms with Crippen molar-refractivity contribution in [2.24, 2.45) is 5.10 Å². The molecule has 0 aliphatic rings. The monoisotopic (exact) mass is 360 g/mol. The van der Waals surface area contributed by atoms with Crippen LogP contribution in [0.1, 0.15) is 5.56 Å². The highest BCUT2D eigenvalue weighted by molar-refractivity contribution is 5.83. The summed E-state index contributed by atoms with van der Waals surface area (Å²) in [4.78, 5) is 11.8. The van der Waals surface area contributed by atoms with Crippen LogP contribution in [0.5, 0.6) is 11.5 Å². The van der Waals surface area contributed by atoms with Crippen molar-refractivity contribution in [1.82, 2.24) is 5.43 Å². The van der Waals surface area contributed by atoms with Crippen molar-refractivity contribution in [3.8, 4) is 22.6 Å². The van der Waals surface area contributed by atoms with Crippen molar-refractivity contribution in [3.05, 3.63) is 84.4 Å². The largest absolute Gasteiger partial charge is 0.497 e. The maximum atomic E-state index is 11.8. The summed E-state index contributed by atoms with van der Waals surface area (Å²) in [5.74, 6) is 1.02. The fraction of sp³-hybridized carbons (Fsp3) is 0.0909. The van der Waals surface area contributed by atoms with E-state index in [-0.39, 0.29) is 12.5 Å². The van der Waals surface area contributed by atoms with E-state index in [4.69, 9.17) is 9.47 Å². The van der Waals surface area contributed by atoms with E-state index >= 15 is 0 Å². The molecule has 1 amide bonds. The van der Waals surface area contributed by atoms with Crippen LogP contribution in [-0.2, 0) is 4.79 Å². The Bertz CT molecular complexity index is 906. The van der Waals surface area contributed by atoms with E-state index in [0.29, 0.717) is 5.75 Å². The number of carbonyl (C=O) groups excluding carboxylic acids is 1. The number of rotatable bonds is 7. The lowest BCUT2D eigenvalue weighted by Crippen LogP contribution is -2.24. The van der Waals surface area contributed by atoms with E-state index in [0.717, 1.165) is 22.4 Å². The minimum absolute atomic E-state index is 0.111. The minimum Gasteiger partial charge on any atom is -0.497 e. The van der Waals surface area contributed by atoms with Crippen molar-refractivity contribution in [1.29, 1.82) is 0 Å². The number of benzene rings is 3. The number of hydrogen-bond acceptors (Lipinski definition) is 4. The van der Waals surface area contributed by atoms with Crippen LogP contribution >= 0.6 is 0 Å². The van der Waals surface area contributed by atoms with Gasteiger partial charge in [0, 0.05) is 0 Å². The molecule has 0 radical (unpaired) electrons. The molecule has 0 heterocycles. The van der Waals surface area contributed by atoms with Crippen molar-refractivity contribution < 1.29 is 14.3 Å². The zero-order valence-electron chi connectivity index (χ0n) is 15.0. The normalized spacial score (nSPS) is 10.6. The molecule has 0 aliphatic carbocycles. The van der Waals surface area contributed by atoms with Crippen LogP contribution in [0.4, 0.5) is 0 Å². The molecule has 0 aromatic heterocycles. The summed E-state index contributed by atoms with van der Waals surface area (Å²) in [5, 5.41) is 3.92. The molecule has 3 rings (SSSR count). The van der Waals surface area contributed by atoms with Gasteiger partial charge in [0.1, 0.15) is 11.5 Å². The highest BCUT2D eigenvalue weighted by atomic mass is 16.5. The number of carbonyl (C=O) groups is 1. The second-order valence-corrected chi connectivity index (χ2v) is 5.75. The van der Waals surface area contributed by atoms with Crippen LogP contribution in [0.3, 0.4) is 0 Å². The molecule has 136 valence electrons. The summed E-state index contributed by atoms with van der Waals surface area (Å²) in [7, 11) is 1.60. The highest BCUT2D eigenvalue weighted by Crippen LogP contribution is 2.21. The van der Waals surface area contributed by atoms with E-state index in [2.05, 4.69) is 10.5 Å². The molecule has 5 heteroatoms. The molecule has 0 bridgehead atoms. The molecule has 0 atom stereocenters. The van der Waals surface area contributed by atoms with Crippen LogP contribution in [0, 0.1) is 0 Å². The fourth-order valence-corrected chi connectivity index (χ4v) is 2.46. The SMILES string of the molecule is COc1cccc(/C=N\NC(=O)COc2ccc(-c3ccccc3)cc2)c1. The van der Waals surface area contributed by atoms with Crippen LogP contribution in [0.2, 0.25) is 0 Å². The molecule has 0 unspecified atom stereocenters. The topological polar surface area (TPSA) is 59.9 Å². The third-order valence-corrected chi connectivity index (χ3v) is 3.83. The van der Waals surface area contributed by atoms with Gasteiger partial charge in [-0.25, -0.2) is 5.43 Å². The molecular weight excluding hydrogens is 340 g/mol. The van der Waals surface area contributed by atoms with E-state index in [1.54, 1.807) is 13.3 Å². The Balaban J connectivity index is 1.48. The fourth-order valence-electron chi connectivity index (χ4n) is 2.46. The van der Waals surface area contributed by atoms with Crippen molar-refractivity contribution in [3.63, 3.8) is 0 Å². The molecule has 0 fully saturated rings. The van der Waals surface area contributed by atoms with Gasteiger partial charge in [-0.05, 0) is 41.0 Å². The third kappa shape index (κ3) is 5.44. The molecule has 0 aliphatic heterocycles. The molecule has 0 saturated heterocycles. The number of ether oxygens (including phenoxy) is 2. The second kappa shape index (κ2) is 9.20. The number of nitrogens with zero attached hydrogens (tertiary/aromatic N) is 1. The van der Waals surface area contributed by atoms with Gasteiger partial charge in [-0.3, -0.25) is 4.79 Å². The van der Waals surface area contributed by atoms with Gasteiger partial charge in [0.25, 0.3) is 5.91 Å². The Hall–Kier alpha value is -3.60. The zero-order chi connectivity index (χ0) is 18.9. The summed E-state index contributed by atoms with van der Waals surface area (Å²) in [6.45, 7) is -0.111. The summed E-state index contributed by atoms with van der Waals surface area (Å²) in [5.41, 5.74) is 5.49. The second-order valence-electron chi connectivity index (χ2n) is 5.75. The Morgan fingerprint density at radius 2 is 1.67 bits per heavy atom. The first-order chi connectivity index (χ1) is 13.2. The number of amides is 1. The summed E-state index contributed by atoms with van der Waals surface area (Å²) in [6.07, 6.45) is 1.55. The molecule has 1 N–H and O–H groups in total. The lowest BCUT2D eigenvalue weighted by atomic mass is 10.1. The average Bonchev–Trinajstić information content (AvgIpc) is 2.73. The highest BCUT2D eigenvalue weighted by Gasteiger charge is 2.02. The number of hydrogen-bond donors (Lipinski definition) is 1. The predicted molar refractivity (Wildman–Crippen MR) is 106 cm³/mol. The summed E-state index contributed by atoms with van der Waals surface area (Å²) < 4.78 is 10.6. The van der Waals surface area contributed by atoms with E-state index in [1.165, 1.54) is 0 Å². The zero-order valence-corrected chi connectivity index (χ0v) is 15.0. The standard InChI is InChI=1S/C22H20N2O3/c1-26-21-9-5-6-17(14-21)15-23-24-22(25)16-27-20-12-10-19(11-13-20)18-7-3-2-4-8-18/h2-15H,16H2,1H3,(H,24,25)/b23-15-. The van der Waals surface area contributed by atoms with Gasteiger partial charge in [-0.2, -0.15) is 5.10 Å². The summed E-state index contributed by atoms with van der Waals surface area (Å²) >= 11 is 0. The van der Waals surface area contributed by atoms with E-state index < -0.39 is 0 Å². The van der Waals surface area contributed by atoms with Crippen molar-refractivity contribution in [2.75, 3.05) is 13.7 Å². The Morgan fingerprint density at radius 1 is 0.926 bits per heavy atom. The lowest BCUT2D eigenvalue weighted by molar-refractivity contribution is -0.123. The minimum atomic E-state index is -0.332. The number of nitrogens with one attached hydrogen (secondary N) is 1. The first-order valence-corrected chi connectivity index (χ1v) is 8.49. The van der Waals surface area contributed by atoms with Gasteiger partial charge in [0.2, 0.25) is 0 Å². The van der Waals surface area contributed by atoms with Gasteiger partial charge in [-0.15, -0.1) is 0 Å². The maximum Gasteiger partial charge on any atom is 0.277 e. The van der Waals surface area contributed by atoms with Gasteiger partial charge < -0.3 is 9.47 Å². The first kappa shape index (κ1) is 18.2. The van der Waals surface area contributed by atoms with Crippen molar-refractivity contribution in [2.45, 2.75) is 0 Å². The van der Waals surface area contributed by atoms with Crippen LogP contribution in [0.15, 0.2) is 84.0 Å². The molecule has 0 spiro atoms. The van der Waals surface area contributed by atoms with Crippen LogP contribution in [-0.4, -0.2) is 25.8 Å². The van der Waals surface area contributed by atoms with Gasteiger partial charge in [0.15, 0.2) is 6.61 Å². The molecule has 5 nitrogen and oxygen atoms in total. The van der Waals surface area contributed by atoms with E-state index in [9.17, 15) is 4.79 Å². The predicted octanol–water partition coefficient (Wildman–Crippen LogP) is 3.89. The Kier molecular flexibility index (Phi) is 6.20. The number of methoxy groups -OCH3 is 1. The quantitative estimate of drug-likeness (QED) is 0.514. The van der Waals surface area contributed by atoms with Crippen LogP contribution in [0.25, 0.3) is 11.1 Å². The molecule has 0 saturated carbocycles. The van der Waals surface area contributed by atoms with Crippen molar-refractivity contribution >= 4 is 12.1 Å². The average molecular weight is 360 g/mol. The Labute approximate surface area is 158 Å².